The monoisotopic (exact) mass is 216 g/mol. The van der Waals surface area contributed by atoms with Crippen molar-refractivity contribution in [1.82, 2.24) is 0 Å². The molecule has 16 heavy (non-hydrogen) atoms. The maximum Gasteiger partial charge on any atom is 0.258 e. The van der Waals surface area contributed by atoms with E-state index < -0.39 is 0 Å². The summed E-state index contributed by atoms with van der Waals surface area (Å²) in [6.45, 7) is 0.454. The van der Waals surface area contributed by atoms with Crippen LogP contribution in [0, 0.1) is 0 Å². The molecular formula is C12H12N2O2. The molecule has 0 radical (unpaired) electrons. The molecule has 0 saturated carbocycles. The Labute approximate surface area is 93.1 Å². The van der Waals surface area contributed by atoms with Crippen molar-refractivity contribution in [3.8, 4) is 0 Å². The van der Waals surface area contributed by atoms with Crippen molar-refractivity contribution >= 4 is 11.6 Å². The van der Waals surface area contributed by atoms with Crippen LogP contribution in [0.25, 0.3) is 0 Å². The summed E-state index contributed by atoms with van der Waals surface area (Å²) < 4.78 is 4.84. The van der Waals surface area contributed by atoms with Gasteiger partial charge in [0.2, 0.25) is 0 Å². The lowest BCUT2D eigenvalue weighted by Crippen LogP contribution is -2.11. The molecule has 0 saturated heterocycles. The van der Waals surface area contributed by atoms with E-state index in [0.29, 0.717) is 12.1 Å². The highest BCUT2D eigenvalue weighted by Crippen LogP contribution is 2.12. The number of hydrogen-bond acceptors (Lipinski definition) is 3. The van der Waals surface area contributed by atoms with E-state index in [1.54, 1.807) is 6.07 Å². The van der Waals surface area contributed by atoms with Gasteiger partial charge in [-0.3, -0.25) is 4.79 Å². The van der Waals surface area contributed by atoms with Crippen molar-refractivity contribution in [2.45, 2.75) is 6.54 Å². The number of benzene rings is 1. The van der Waals surface area contributed by atoms with Gasteiger partial charge in [0.05, 0.1) is 11.8 Å². The van der Waals surface area contributed by atoms with Gasteiger partial charge in [-0.1, -0.05) is 12.1 Å². The van der Waals surface area contributed by atoms with E-state index >= 15 is 0 Å². The lowest BCUT2D eigenvalue weighted by Gasteiger charge is -2.04. The van der Waals surface area contributed by atoms with Gasteiger partial charge >= 0.3 is 0 Å². The molecule has 1 aromatic carbocycles. The summed E-state index contributed by atoms with van der Waals surface area (Å²) in [7, 11) is 0. The molecule has 0 aliphatic heterocycles. The van der Waals surface area contributed by atoms with Crippen LogP contribution in [-0.4, -0.2) is 5.91 Å². The average molecular weight is 216 g/mol. The second-order valence-electron chi connectivity index (χ2n) is 3.37. The van der Waals surface area contributed by atoms with Gasteiger partial charge in [-0.25, -0.2) is 0 Å². The molecule has 0 atom stereocenters. The highest BCUT2D eigenvalue weighted by atomic mass is 16.3. The van der Waals surface area contributed by atoms with Crippen LogP contribution in [0.1, 0.15) is 15.9 Å². The Bertz CT molecular complexity index is 478. The van der Waals surface area contributed by atoms with Crippen molar-refractivity contribution in [2.75, 3.05) is 5.32 Å². The highest BCUT2D eigenvalue weighted by molar-refractivity contribution is 6.03. The SMILES string of the molecule is NCc1cccc(NC(=O)c2ccoc2)c1. The van der Waals surface area contributed by atoms with E-state index in [1.165, 1.54) is 12.5 Å². The number of rotatable bonds is 3. The van der Waals surface area contributed by atoms with Crippen LogP contribution in [0.3, 0.4) is 0 Å². The Morgan fingerprint density at radius 1 is 1.38 bits per heavy atom. The van der Waals surface area contributed by atoms with E-state index in [-0.39, 0.29) is 5.91 Å². The van der Waals surface area contributed by atoms with E-state index in [2.05, 4.69) is 5.32 Å². The molecule has 1 aromatic heterocycles. The van der Waals surface area contributed by atoms with E-state index in [0.717, 1.165) is 11.3 Å². The molecule has 1 heterocycles. The molecule has 4 nitrogen and oxygen atoms in total. The third-order valence-corrected chi connectivity index (χ3v) is 2.20. The molecule has 0 aliphatic rings. The van der Waals surface area contributed by atoms with Crippen LogP contribution in [0.4, 0.5) is 5.69 Å². The summed E-state index contributed by atoms with van der Waals surface area (Å²) in [4.78, 5) is 11.7. The number of nitrogens with two attached hydrogens (primary N) is 1. The van der Waals surface area contributed by atoms with Gasteiger partial charge in [-0.05, 0) is 23.8 Å². The van der Waals surface area contributed by atoms with Crippen LogP contribution in [0.2, 0.25) is 0 Å². The lowest BCUT2D eigenvalue weighted by atomic mass is 10.2. The summed E-state index contributed by atoms with van der Waals surface area (Å²) in [5, 5.41) is 2.76. The third kappa shape index (κ3) is 2.29. The van der Waals surface area contributed by atoms with Crippen LogP contribution < -0.4 is 11.1 Å². The van der Waals surface area contributed by atoms with Gasteiger partial charge in [0, 0.05) is 12.2 Å². The molecule has 3 N–H and O–H groups in total. The first-order chi connectivity index (χ1) is 7.79. The van der Waals surface area contributed by atoms with Crippen LogP contribution >= 0.6 is 0 Å². The van der Waals surface area contributed by atoms with E-state index in [4.69, 9.17) is 10.2 Å². The maximum absolute atomic E-state index is 11.7. The second-order valence-corrected chi connectivity index (χ2v) is 3.37. The van der Waals surface area contributed by atoms with Gasteiger partial charge in [0.15, 0.2) is 0 Å². The highest BCUT2D eigenvalue weighted by Gasteiger charge is 2.06. The molecule has 0 bridgehead atoms. The largest absolute Gasteiger partial charge is 0.472 e. The number of nitrogens with one attached hydrogen (secondary N) is 1. The second kappa shape index (κ2) is 4.63. The number of amides is 1. The molecule has 4 heteroatoms. The Hall–Kier alpha value is -2.07. The predicted molar refractivity (Wildman–Crippen MR) is 61.0 cm³/mol. The standard InChI is InChI=1S/C12H12N2O2/c13-7-9-2-1-3-11(6-9)14-12(15)10-4-5-16-8-10/h1-6,8H,7,13H2,(H,14,15). The maximum atomic E-state index is 11.7. The fraction of sp³-hybridized carbons (Fsp3) is 0.0833. The third-order valence-electron chi connectivity index (χ3n) is 2.20. The van der Waals surface area contributed by atoms with Gasteiger partial charge < -0.3 is 15.5 Å². The predicted octanol–water partition coefficient (Wildman–Crippen LogP) is 1.99. The van der Waals surface area contributed by atoms with Gasteiger partial charge in [0.25, 0.3) is 5.91 Å². The van der Waals surface area contributed by atoms with Crippen molar-refractivity contribution in [1.29, 1.82) is 0 Å². The fourth-order valence-corrected chi connectivity index (χ4v) is 1.37. The number of hydrogen-bond donors (Lipinski definition) is 2. The molecule has 0 fully saturated rings. The molecular weight excluding hydrogens is 204 g/mol. The zero-order chi connectivity index (χ0) is 11.4. The molecule has 0 spiro atoms. The van der Waals surface area contributed by atoms with E-state index in [9.17, 15) is 4.79 Å². The minimum absolute atomic E-state index is 0.192. The normalized spacial score (nSPS) is 10.1. The fourth-order valence-electron chi connectivity index (χ4n) is 1.37. The van der Waals surface area contributed by atoms with Crippen molar-refractivity contribution in [2.24, 2.45) is 5.73 Å². The van der Waals surface area contributed by atoms with Crippen molar-refractivity contribution in [3.63, 3.8) is 0 Å². The Kier molecular flexibility index (Phi) is 3.03. The first-order valence-corrected chi connectivity index (χ1v) is 4.92. The van der Waals surface area contributed by atoms with Crippen molar-refractivity contribution in [3.05, 3.63) is 54.0 Å². The smallest absolute Gasteiger partial charge is 0.258 e. The number of carbonyl (C=O) groups is 1. The zero-order valence-electron chi connectivity index (χ0n) is 8.64. The number of carbonyl (C=O) groups excluding carboxylic acids is 1. The van der Waals surface area contributed by atoms with Gasteiger partial charge in [-0.2, -0.15) is 0 Å². The van der Waals surface area contributed by atoms with Crippen molar-refractivity contribution < 1.29 is 9.21 Å². The molecule has 2 rings (SSSR count). The summed E-state index contributed by atoms with van der Waals surface area (Å²) in [5.41, 5.74) is 7.72. The molecule has 2 aromatic rings. The first-order valence-electron chi connectivity index (χ1n) is 4.92. The average Bonchev–Trinajstić information content (AvgIpc) is 2.83. The summed E-state index contributed by atoms with van der Waals surface area (Å²) in [5.74, 6) is -0.192. The Morgan fingerprint density at radius 3 is 2.94 bits per heavy atom. The summed E-state index contributed by atoms with van der Waals surface area (Å²) >= 11 is 0. The van der Waals surface area contributed by atoms with Gasteiger partial charge in [0.1, 0.15) is 6.26 Å². The molecule has 0 aliphatic carbocycles. The van der Waals surface area contributed by atoms with Gasteiger partial charge in [-0.15, -0.1) is 0 Å². The van der Waals surface area contributed by atoms with Crippen LogP contribution in [0.5, 0.6) is 0 Å². The van der Waals surface area contributed by atoms with Crippen LogP contribution in [-0.2, 0) is 6.54 Å². The number of anilines is 1. The minimum atomic E-state index is -0.192. The summed E-state index contributed by atoms with van der Waals surface area (Å²) in [6, 6.07) is 9.04. The first kappa shape index (κ1) is 10.4. The zero-order valence-corrected chi connectivity index (χ0v) is 8.64. The molecule has 82 valence electrons. The quantitative estimate of drug-likeness (QED) is 0.824. The Morgan fingerprint density at radius 2 is 2.25 bits per heavy atom. The molecule has 1 amide bonds. The summed E-state index contributed by atoms with van der Waals surface area (Å²) in [6.07, 6.45) is 2.87. The molecule has 0 unspecified atom stereocenters. The minimum Gasteiger partial charge on any atom is -0.472 e. The topological polar surface area (TPSA) is 68.3 Å². The van der Waals surface area contributed by atoms with Crippen LogP contribution in [0.15, 0.2) is 47.3 Å². The van der Waals surface area contributed by atoms with E-state index in [1.807, 2.05) is 24.3 Å². The Balaban J connectivity index is 2.12. The lowest BCUT2D eigenvalue weighted by molar-refractivity contribution is 0.102. The number of furan rings is 1.